The highest BCUT2D eigenvalue weighted by Gasteiger charge is 2.02. The molecule has 1 heterocycles. The lowest BCUT2D eigenvalue weighted by Gasteiger charge is -1.99. The fourth-order valence-corrected chi connectivity index (χ4v) is 1.90. The van der Waals surface area contributed by atoms with Gasteiger partial charge >= 0.3 is 0 Å². The van der Waals surface area contributed by atoms with Gasteiger partial charge in [-0.3, -0.25) is 4.79 Å². The number of carbonyl (C=O) groups is 1. The highest BCUT2D eigenvalue weighted by molar-refractivity contribution is 14.1. The van der Waals surface area contributed by atoms with E-state index in [0.717, 1.165) is 10.0 Å². The summed E-state index contributed by atoms with van der Waals surface area (Å²) in [6.45, 7) is 0.109. The average molecular weight is 369 g/mol. The van der Waals surface area contributed by atoms with Gasteiger partial charge in [0.05, 0.1) is 5.75 Å². The van der Waals surface area contributed by atoms with E-state index in [4.69, 9.17) is 4.42 Å². The zero-order valence-corrected chi connectivity index (χ0v) is 12.1. The SMILES string of the molecule is CS(=O)(=O)CCNC(=O)/C=C\c1ccc(I)o1. The molecule has 7 heteroatoms. The summed E-state index contributed by atoms with van der Waals surface area (Å²) in [5.74, 6) is 0.165. The normalized spacial score (nSPS) is 11.9. The van der Waals surface area contributed by atoms with Crippen molar-refractivity contribution in [3.63, 3.8) is 0 Å². The number of amides is 1. The van der Waals surface area contributed by atoms with E-state index >= 15 is 0 Å². The van der Waals surface area contributed by atoms with Crippen molar-refractivity contribution in [2.24, 2.45) is 0 Å². The van der Waals surface area contributed by atoms with Crippen molar-refractivity contribution >= 4 is 44.4 Å². The van der Waals surface area contributed by atoms with Gasteiger partial charge in [0.15, 0.2) is 3.77 Å². The van der Waals surface area contributed by atoms with Crippen molar-refractivity contribution in [3.8, 4) is 0 Å². The molecule has 5 nitrogen and oxygen atoms in total. The molecule has 0 aliphatic rings. The summed E-state index contributed by atoms with van der Waals surface area (Å²) in [6, 6.07) is 3.52. The smallest absolute Gasteiger partial charge is 0.244 e. The molecule has 1 rings (SSSR count). The topological polar surface area (TPSA) is 76.4 Å². The monoisotopic (exact) mass is 369 g/mol. The van der Waals surface area contributed by atoms with Gasteiger partial charge in [0.1, 0.15) is 15.6 Å². The maximum Gasteiger partial charge on any atom is 0.244 e. The third-order valence-electron chi connectivity index (χ3n) is 1.77. The molecule has 0 bridgehead atoms. The second kappa shape index (κ2) is 6.20. The Kier molecular flexibility index (Phi) is 5.19. The molecule has 0 saturated carbocycles. The van der Waals surface area contributed by atoms with Gasteiger partial charge in [-0.1, -0.05) is 0 Å². The number of halogens is 1. The summed E-state index contributed by atoms with van der Waals surface area (Å²) in [4.78, 5) is 11.3. The lowest BCUT2D eigenvalue weighted by Crippen LogP contribution is -2.27. The van der Waals surface area contributed by atoms with E-state index < -0.39 is 9.84 Å². The van der Waals surface area contributed by atoms with Crippen molar-refractivity contribution in [2.45, 2.75) is 0 Å². The standard InChI is InChI=1S/C10H12INO4S/c1-17(14,15)7-6-12-10(13)5-3-8-2-4-9(11)16-8/h2-5H,6-7H2,1H3,(H,12,13)/b5-3-. The van der Waals surface area contributed by atoms with Crippen LogP contribution in [0.4, 0.5) is 0 Å². The van der Waals surface area contributed by atoms with E-state index in [1.165, 1.54) is 12.2 Å². The first-order chi connectivity index (χ1) is 7.87. The average Bonchev–Trinajstić information content (AvgIpc) is 2.59. The fraction of sp³-hybridized carbons (Fsp3) is 0.300. The van der Waals surface area contributed by atoms with Crippen LogP contribution in [0.5, 0.6) is 0 Å². The van der Waals surface area contributed by atoms with Gasteiger partial charge in [0, 0.05) is 18.9 Å². The Morgan fingerprint density at radius 2 is 2.24 bits per heavy atom. The zero-order valence-electron chi connectivity index (χ0n) is 9.14. The quantitative estimate of drug-likeness (QED) is 0.622. The van der Waals surface area contributed by atoms with Crippen molar-refractivity contribution in [1.82, 2.24) is 5.32 Å². The van der Waals surface area contributed by atoms with Crippen molar-refractivity contribution in [2.75, 3.05) is 18.6 Å². The van der Waals surface area contributed by atoms with Gasteiger partial charge in [0.2, 0.25) is 5.91 Å². The molecule has 94 valence electrons. The maximum absolute atomic E-state index is 11.3. The van der Waals surface area contributed by atoms with Crippen LogP contribution in [0.1, 0.15) is 5.76 Å². The van der Waals surface area contributed by atoms with Crippen molar-refractivity contribution in [1.29, 1.82) is 0 Å². The van der Waals surface area contributed by atoms with Gasteiger partial charge < -0.3 is 9.73 Å². The molecule has 0 unspecified atom stereocenters. The first-order valence-corrected chi connectivity index (χ1v) is 7.90. The highest BCUT2D eigenvalue weighted by Crippen LogP contribution is 2.11. The van der Waals surface area contributed by atoms with Crippen molar-refractivity contribution < 1.29 is 17.6 Å². The molecule has 1 aromatic rings. The molecular weight excluding hydrogens is 357 g/mol. The lowest BCUT2D eigenvalue weighted by molar-refractivity contribution is -0.116. The summed E-state index contributed by atoms with van der Waals surface area (Å²) < 4.78 is 27.6. The predicted octanol–water partition coefficient (Wildman–Crippen LogP) is 1.06. The largest absolute Gasteiger partial charge is 0.451 e. The van der Waals surface area contributed by atoms with Crippen LogP contribution >= 0.6 is 22.6 Å². The minimum Gasteiger partial charge on any atom is -0.451 e. The number of furan rings is 1. The molecule has 0 aliphatic heterocycles. The van der Waals surface area contributed by atoms with Crippen LogP contribution in [-0.4, -0.2) is 32.9 Å². The lowest BCUT2D eigenvalue weighted by atomic mass is 10.4. The van der Waals surface area contributed by atoms with Crippen LogP contribution in [0, 0.1) is 3.77 Å². The van der Waals surface area contributed by atoms with E-state index in [1.807, 2.05) is 22.6 Å². The number of rotatable bonds is 5. The molecule has 0 spiro atoms. The third-order valence-corrected chi connectivity index (χ3v) is 3.29. The van der Waals surface area contributed by atoms with Crippen molar-refractivity contribution in [3.05, 3.63) is 27.7 Å². The van der Waals surface area contributed by atoms with Crippen LogP contribution < -0.4 is 5.32 Å². The molecule has 17 heavy (non-hydrogen) atoms. The summed E-state index contributed by atoms with van der Waals surface area (Å²) in [5.41, 5.74) is 0. The third kappa shape index (κ3) is 6.47. The van der Waals surface area contributed by atoms with Gasteiger partial charge in [0.25, 0.3) is 0 Å². The van der Waals surface area contributed by atoms with E-state index in [0.29, 0.717) is 5.76 Å². The Balaban J connectivity index is 2.37. The molecule has 0 atom stereocenters. The summed E-state index contributed by atoms with van der Waals surface area (Å²) >= 11 is 2.02. The van der Waals surface area contributed by atoms with Gasteiger partial charge in [-0.05, 0) is 40.8 Å². The first kappa shape index (κ1) is 14.2. The highest BCUT2D eigenvalue weighted by atomic mass is 127. The second-order valence-electron chi connectivity index (χ2n) is 3.40. The molecule has 0 aliphatic carbocycles. The number of carbonyl (C=O) groups excluding carboxylic acids is 1. The number of nitrogens with one attached hydrogen (secondary N) is 1. The molecule has 1 amide bonds. The minimum absolute atomic E-state index is 0.0643. The van der Waals surface area contributed by atoms with Crippen LogP contribution in [0.25, 0.3) is 6.08 Å². The molecule has 1 aromatic heterocycles. The van der Waals surface area contributed by atoms with E-state index in [2.05, 4.69) is 5.32 Å². The van der Waals surface area contributed by atoms with Crippen LogP contribution in [0.3, 0.4) is 0 Å². The second-order valence-corrected chi connectivity index (χ2v) is 6.72. The number of sulfone groups is 1. The maximum atomic E-state index is 11.3. The Morgan fingerprint density at radius 3 is 2.76 bits per heavy atom. The predicted molar refractivity (Wildman–Crippen MR) is 73.2 cm³/mol. The number of hydrogen-bond donors (Lipinski definition) is 1. The Labute approximate surface area is 113 Å². The van der Waals surface area contributed by atoms with Crippen LogP contribution in [-0.2, 0) is 14.6 Å². The molecule has 1 N–H and O–H groups in total. The van der Waals surface area contributed by atoms with Gasteiger partial charge in [-0.2, -0.15) is 0 Å². The summed E-state index contributed by atoms with van der Waals surface area (Å²) in [7, 11) is -3.04. The number of hydrogen-bond acceptors (Lipinski definition) is 4. The molecule has 0 fully saturated rings. The Morgan fingerprint density at radius 1 is 1.53 bits per heavy atom. The minimum atomic E-state index is -3.04. The molecule has 0 saturated heterocycles. The first-order valence-electron chi connectivity index (χ1n) is 4.76. The molecular formula is C10H12INO4S. The fourth-order valence-electron chi connectivity index (χ4n) is 0.994. The van der Waals surface area contributed by atoms with Gasteiger partial charge in [-0.25, -0.2) is 8.42 Å². The Bertz CT molecular complexity index is 518. The van der Waals surface area contributed by atoms with E-state index in [-0.39, 0.29) is 18.2 Å². The van der Waals surface area contributed by atoms with Gasteiger partial charge in [-0.15, -0.1) is 0 Å². The van der Waals surface area contributed by atoms with Crippen LogP contribution in [0.2, 0.25) is 0 Å². The zero-order chi connectivity index (χ0) is 12.9. The molecule has 0 radical (unpaired) electrons. The van der Waals surface area contributed by atoms with Crippen LogP contribution in [0.15, 0.2) is 22.6 Å². The Hall–Kier alpha value is -0.830. The summed E-state index contributed by atoms with van der Waals surface area (Å²) in [5, 5.41) is 2.47. The summed E-state index contributed by atoms with van der Waals surface area (Å²) in [6.07, 6.45) is 3.95. The molecule has 0 aromatic carbocycles. The van der Waals surface area contributed by atoms with E-state index in [9.17, 15) is 13.2 Å². The van der Waals surface area contributed by atoms with E-state index in [1.54, 1.807) is 12.1 Å².